The van der Waals surface area contributed by atoms with Crippen LogP contribution in [0.15, 0.2) is 35.3 Å². The number of amides is 4. The van der Waals surface area contributed by atoms with Gasteiger partial charge >= 0.3 is 12.4 Å². The molecule has 11 nitrogen and oxygen atoms in total. The maximum atomic E-state index is 14.2. The van der Waals surface area contributed by atoms with E-state index < -0.39 is 56.9 Å². The number of hydrogen-bond acceptors (Lipinski definition) is 7. The molecule has 2 saturated heterocycles. The molecule has 3 aliphatic rings. The van der Waals surface area contributed by atoms with Crippen molar-refractivity contribution in [2.45, 2.75) is 64.4 Å². The average Bonchev–Trinajstić information content (AvgIpc) is 3.34. The summed E-state index contributed by atoms with van der Waals surface area (Å²) in [5, 5.41) is 4.85. The van der Waals surface area contributed by atoms with Crippen molar-refractivity contribution in [2.24, 2.45) is 4.99 Å². The van der Waals surface area contributed by atoms with Crippen LogP contribution in [0.2, 0.25) is 0 Å². The molecule has 4 amide bonds. The number of ether oxygens (including phenoxy) is 1. The molecule has 0 unspecified atom stereocenters. The van der Waals surface area contributed by atoms with Crippen LogP contribution in [-0.2, 0) is 26.0 Å². The van der Waals surface area contributed by atoms with Gasteiger partial charge in [-0.3, -0.25) is 24.8 Å². The number of sulfonamides is 1. The Morgan fingerprint density at radius 1 is 0.978 bits per heavy atom. The van der Waals surface area contributed by atoms with Crippen molar-refractivity contribution < 1.29 is 45.1 Å². The first-order valence-electron chi connectivity index (χ1n) is 14.0. The molecule has 2 fully saturated rings. The molecule has 45 heavy (non-hydrogen) atoms. The third-order valence-electron chi connectivity index (χ3n) is 8.44. The van der Waals surface area contributed by atoms with Crippen molar-refractivity contribution in [2.75, 3.05) is 23.7 Å². The van der Waals surface area contributed by atoms with E-state index in [1.807, 2.05) is 13.8 Å². The van der Waals surface area contributed by atoms with E-state index in [-0.39, 0.29) is 49.5 Å². The highest BCUT2D eigenvalue weighted by Gasteiger charge is 2.48. The number of rotatable bonds is 7. The first-order valence-corrected chi connectivity index (χ1v) is 15.6. The van der Waals surface area contributed by atoms with Gasteiger partial charge in [0.2, 0.25) is 10.0 Å². The Hall–Kier alpha value is -4.05. The Morgan fingerprint density at radius 2 is 1.60 bits per heavy atom. The zero-order valence-corrected chi connectivity index (χ0v) is 25.7. The maximum Gasteiger partial charge on any atom is 0.573 e. The molecule has 0 aromatic heterocycles. The highest BCUT2D eigenvalue weighted by molar-refractivity contribution is 7.89. The maximum absolute atomic E-state index is 14.2. The molecular weight excluding hydrogens is 622 g/mol. The zero-order chi connectivity index (χ0) is 33.1. The standard InChI is InChI=1S/C29H31F4N5O6S/c1-16-13-19(38-26(41)35-24(39)27(38,3)4)14-17(2)20(16)7-12-45(42,43)37-10-8-28(9-11-37)25(40)34-23(36-28)18-5-6-22(21(30)15-18)44-29(31,32)33/h5-6,13-15H,7-12H2,1-4H3,(H,34,36,40)(H,35,39,41). The molecule has 2 aromatic rings. The number of carbonyl (C=O) groups excluding carboxylic acids is 3. The number of anilines is 1. The van der Waals surface area contributed by atoms with Gasteiger partial charge in [0, 0.05) is 24.3 Å². The fraction of sp³-hybridized carbons (Fsp3) is 0.448. The molecule has 3 aliphatic heterocycles. The topological polar surface area (TPSA) is 137 Å². The molecule has 3 heterocycles. The fourth-order valence-corrected chi connectivity index (χ4v) is 7.40. The third-order valence-corrected chi connectivity index (χ3v) is 10.3. The summed E-state index contributed by atoms with van der Waals surface area (Å²) < 4.78 is 83.2. The van der Waals surface area contributed by atoms with Gasteiger partial charge in [-0.05, 0) is 94.0 Å². The first kappa shape index (κ1) is 32.3. The van der Waals surface area contributed by atoms with Crippen molar-refractivity contribution in [3.05, 3.63) is 58.4 Å². The van der Waals surface area contributed by atoms with Crippen molar-refractivity contribution in [3.8, 4) is 5.75 Å². The Balaban J connectivity index is 1.25. The Kier molecular flexibility index (Phi) is 7.97. The lowest BCUT2D eigenvalue weighted by molar-refractivity contribution is -0.275. The number of nitrogens with zero attached hydrogens (tertiary/aromatic N) is 3. The van der Waals surface area contributed by atoms with Crippen LogP contribution in [-0.4, -0.2) is 72.7 Å². The van der Waals surface area contributed by atoms with Crippen LogP contribution in [0.1, 0.15) is 48.9 Å². The molecule has 0 aliphatic carbocycles. The quantitative estimate of drug-likeness (QED) is 0.347. The predicted octanol–water partition coefficient (Wildman–Crippen LogP) is 3.46. The third kappa shape index (κ3) is 6.12. The molecule has 0 bridgehead atoms. The van der Waals surface area contributed by atoms with Gasteiger partial charge in [-0.25, -0.2) is 21.9 Å². The SMILES string of the molecule is Cc1cc(N2C(=O)NC(=O)C2(C)C)cc(C)c1CCS(=O)(=O)N1CCC2(CC1)N=C(c1ccc(OC(F)(F)F)c(F)c1)NC2=O. The summed E-state index contributed by atoms with van der Waals surface area (Å²) in [5.74, 6) is -3.47. The number of carbonyl (C=O) groups is 3. The second kappa shape index (κ2) is 11.1. The Bertz CT molecular complexity index is 1710. The van der Waals surface area contributed by atoms with Gasteiger partial charge < -0.3 is 10.1 Å². The van der Waals surface area contributed by atoms with E-state index in [2.05, 4.69) is 20.4 Å². The van der Waals surface area contributed by atoms with Crippen LogP contribution in [0.4, 0.5) is 28.0 Å². The van der Waals surface area contributed by atoms with E-state index in [0.29, 0.717) is 5.69 Å². The van der Waals surface area contributed by atoms with Gasteiger partial charge in [0.25, 0.3) is 11.8 Å². The minimum atomic E-state index is -5.07. The number of benzene rings is 2. The van der Waals surface area contributed by atoms with E-state index in [0.717, 1.165) is 34.9 Å². The van der Waals surface area contributed by atoms with E-state index in [9.17, 15) is 40.4 Å². The Morgan fingerprint density at radius 3 is 2.13 bits per heavy atom. The minimum absolute atomic E-state index is 0.00331. The highest BCUT2D eigenvalue weighted by Crippen LogP contribution is 2.35. The normalized spacial score (nSPS) is 20.0. The van der Waals surface area contributed by atoms with Crippen LogP contribution in [0.25, 0.3) is 0 Å². The molecule has 16 heteroatoms. The van der Waals surface area contributed by atoms with Crippen molar-refractivity contribution in [1.29, 1.82) is 0 Å². The van der Waals surface area contributed by atoms with E-state index in [4.69, 9.17) is 0 Å². The van der Waals surface area contributed by atoms with E-state index in [1.54, 1.807) is 26.0 Å². The number of imide groups is 1. The molecule has 242 valence electrons. The second-order valence-corrected chi connectivity index (χ2v) is 13.9. The van der Waals surface area contributed by atoms with E-state index in [1.165, 1.54) is 9.21 Å². The lowest BCUT2D eigenvalue weighted by Gasteiger charge is -2.34. The molecular formula is C29H31F4N5O6S. The summed E-state index contributed by atoms with van der Waals surface area (Å²) in [5.41, 5.74) is 0.509. The zero-order valence-electron chi connectivity index (χ0n) is 24.8. The molecule has 0 radical (unpaired) electrons. The van der Waals surface area contributed by atoms with Crippen LogP contribution in [0.5, 0.6) is 5.75 Å². The minimum Gasteiger partial charge on any atom is -0.403 e. The predicted molar refractivity (Wildman–Crippen MR) is 155 cm³/mol. The number of piperidine rings is 1. The van der Waals surface area contributed by atoms with Gasteiger partial charge in [0.15, 0.2) is 11.6 Å². The summed E-state index contributed by atoms with van der Waals surface area (Å²) in [6, 6.07) is 5.66. The highest BCUT2D eigenvalue weighted by atomic mass is 32.2. The average molecular weight is 654 g/mol. The molecule has 2 aromatic carbocycles. The largest absolute Gasteiger partial charge is 0.573 e. The lowest BCUT2D eigenvalue weighted by Crippen LogP contribution is -2.50. The van der Waals surface area contributed by atoms with Crippen molar-refractivity contribution in [3.63, 3.8) is 0 Å². The molecule has 2 N–H and O–H groups in total. The summed E-state index contributed by atoms with van der Waals surface area (Å²) in [7, 11) is -3.75. The van der Waals surface area contributed by atoms with Gasteiger partial charge in [0.05, 0.1) is 5.75 Å². The van der Waals surface area contributed by atoms with Crippen LogP contribution < -0.4 is 20.3 Å². The van der Waals surface area contributed by atoms with Crippen LogP contribution in [0.3, 0.4) is 0 Å². The van der Waals surface area contributed by atoms with Gasteiger partial charge in [0.1, 0.15) is 16.9 Å². The first-order chi connectivity index (χ1) is 20.8. The summed E-state index contributed by atoms with van der Waals surface area (Å²) in [6.07, 6.45) is -4.77. The summed E-state index contributed by atoms with van der Waals surface area (Å²) >= 11 is 0. The van der Waals surface area contributed by atoms with Crippen molar-refractivity contribution >= 4 is 39.4 Å². The number of halogens is 4. The summed E-state index contributed by atoms with van der Waals surface area (Å²) in [6.45, 7) is 6.89. The van der Waals surface area contributed by atoms with Crippen LogP contribution in [0, 0.1) is 19.7 Å². The molecule has 0 atom stereocenters. The molecule has 0 saturated carbocycles. The lowest BCUT2D eigenvalue weighted by atomic mass is 9.89. The monoisotopic (exact) mass is 653 g/mol. The van der Waals surface area contributed by atoms with Crippen LogP contribution >= 0.6 is 0 Å². The number of amidine groups is 1. The fourth-order valence-electron chi connectivity index (χ4n) is 5.94. The number of hydrogen-bond donors (Lipinski definition) is 2. The van der Waals surface area contributed by atoms with Gasteiger partial charge in [-0.2, -0.15) is 0 Å². The van der Waals surface area contributed by atoms with Gasteiger partial charge in [-0.1, -0.05) is 0 Å². The smallest absolute Gasteiger partial charge is 0.403 e. The number of aryl methyl sites for hydroxylation is 2. The number of urea groups is 1. The van der Waals surface area contributed by atoms with Crippen molar-refractivity contribution in [1.82, 2.24) is 14.9 Å². The molecule has 1 spiro atoms. The Labute approximate surface area is 256 Å². The number of nitrogens with one attached hydrogen (secondary N) is 2. The molecule has 5 rings (SSSR count). The number of alkyl halides is 3. The summed E-state index contributed by atoms with van der Waals surface area (Å²) in [4.78, 5) is 43.3. The van der Waals surface area contributed by atoms with E-state index >= 15 is 0 Å². The van der Waals surface area contributed by atoms with Gasteiger partial charge in [-0.15, -0.1) is 13.2 Å². The number of aliphatic imine (C=N–C) groups is 1. The second-order valence-electron chi connectivity index (χ2n) is 11.8.